The zero-order valence-electron chi connectivity index (χ0n) is 11.6. The van der Waals surface area contributed by atoms with E-state index in [1.165, 1.54) is 6.07 Å². The SMILES string of the molecule is CC(C)C(O)c1ccn(Cc2cccc([N+](=O)[O-])c2)c1. The quantitative estimate of drug-likeness (QED) is 0.672. The Bertz CT molecular complexity index is 605. The Balaban J connectivity index is 2.14. The second-order valence-electron chi connectivity index (χ2n) is 5.23. The number of nitro groups is 1. The number of rotatable bonds is 5. The Labute approximate surface area is 117 Å². The van der Waals surface area contributed by atoms with Crippen molar-refractivity contribution in [3.8, 4) is 0 Å². The van der Waals surface area contributed by atoms with Gasteiger partial charge in [0.25, 0.3) is 5.69 Å². The summed E-state index contributed by atoms with van der Waals surface area (Å²) in [6, 6.07) is 8.46. The van der Waals surface area contributed by atoms with Crippen LogP contribution in [0.3, 0.4) is 0 Å². The average molecular weight is 274 g/mol. The lowest BCUT2D eigenvalue weighted by atomic mass is 10.0. The van der Waals surface area contributed by atoms with E-state index in [2.05, 4.69) is 0 Å². The van der Waals surface area contributed by atoms with Gasteiger partial charge in [0.1, 0.15) is 0 Å². The summed E-state index contributed by atoms with van der Waals surface area (Å²) in [7, 11) is 0. The Morgan fingerprint density at radius 2 is 2.10 bits per heavy atom. The zero-order chi connectivity index (χ0) is 14.7. The van der Waals surface area contributed by atoms with Crippen molar-refractivity contribution in [2.75, 3.05) is 0 Å². The number of benzene rings is 1. The lowest BCUT2D eigenvalue weighted by Gasteiger charge is -2.12. The molecule has 106 valence electrons. The van der Waals surface area contributed by atoms with Crippen LogP contribution in [0.5, 0.6) is 0 Å². The molecule has 0 saturated heterocycles. The molecule has 1 aromatic carbocycles. The van der Waals surface area contributed by atoms with Gasteiger partial charge >= 0.3 is 0 Å². The molecule has 1 N–H and O–H groups in total. The molecule has 0 bridgehead atoms. The number of non-ortho nitro benzene ring substituents is 1. The van der Waals surface area contributed by atoms with Gasteiger partial charge in [-0.1, -0.05) is 26.0 Å². The molecular formula is C15H18N2O3. The van der Waals surface area contributed by atoms with Crippen molar-refractivity contribution in [2.45, 2.75) is 26.5 Å². The topological polar surface area (TPSA) is 68.3 Å². The fourth-order valence-corrected chi connectivity index (χ4v) is 2.10. The molecule has 0 amide bonds. The van der Waals surface area contributed by atoms with E-state index in [-0.39, 0.29) is 11.6 Å². The first-order valence-corrected chi connectivity index (χ1v) is 6.54. The van der Waals surface area contributed by atoms with Crippen LogP contribution in [0.25, 0.3) is 0 Å². The predicted octanol–water partition coefficient (Wildman–Crippen LogP) is 3.13. The van der Waals surface area contributed by atoms with Crippen molar-refractivity contribution in [2.24, 2.45) is 5.92 Å². The molecule has 20 heavy (non-hydrogen) atoms. The molecule has 0 aliphatic heterocycles. The third-order valence-electron chi connectivity index (χ3n) is 3.23. The Hall–Kier alpha value is -2.14. The minimum Gasteiger partial charge on any atom is -0.388 e. The van der Waals surface area contributed by atoms with Crippen LogP contribution in [0.1, 0.15) is 31.1 Å². The van der Waals surface area contributed by atoms with Crippen molar-refractivity contribution in [3.63, 3.8) is 0 Å². The molecule has 1 atom stereocenters. The van der Waals surface area contributed by atoms with Gasteiger partial charge in [-0.15, -0.1) is 0 Å². The third-order valence-corrected chi connectivity index (χ3v) is 3.23. The monoisotopic (exact) mass is 274 g/mol. The van der Waals surface area contributed by atoms with E-state index in [0.717, 1.165) is 11.1 Å². The maximum absolute atomic E-state index is 10.7. The van der Waals surface area contributed by atoms with Crippen molar-refractivity contribution in [1.29, 1.82) is 0 Å². The van der Waals surface area contributed by atoms with Gasteiger partial charge < -0.3 is 9.67 Å². The smallest absolute Gasteiger partial charge is 0.269 e. The summed E-state index contributed by atoms with van der Waals surface area (Å²) in [5.41, 5.74) is 1.82. The lowest BCUT2D eigenvalue weighted by molar-refractivity contribution is -0.384. The highest BCUT2D eigenvalue weighted by molar-refractivity contribution is 5.34. The van der Waals surface area contributed by atoms with Crippen LogP contribution in [0.4, 0.5) is 5.69 Å². The van der Waals surface area contributed by atoms with E-state index < -0.39 is 11.0 Å². The van der Waals surface area contributed by atoms with Gasteiger partial charge in [0.2, 0.25) is 0 Å². The minimum atomic E-state index is -0.485. The van der Waals surface area contributed by atoms with Crippen molar-refractivity contribution in [3.05, 3.63) is 64.0 Å². The number of hydrogen-bond donors (Lipinski definition) is 1. The van der Waals surface area contributed by atoms with Crippen LogP contribution in [0, 0.1) is 16.0 Å². The number of aliphatic hydroxyl groups excluding tert-OH is 1. The standard InChI is InChI=1S/C15H18N2O3/c1-11(2)15(18)13-6-7-16(10-13)9-12-4-3-5-14(8-12)17(19)20/h3-8,10-11,15,18H,9H2,1-2H3. The molecule has 0 saturated carbocycles. The summed E-state index contributed by atoms with van der Waals surface area (Å²) in [4.78, 5) is 10.3. The summed E-state index contributed by atoms with van der Waals surface area (Å²) in [6.45, 7) is 4.47. The summed E-state index contributed by atoms with van der Waals surface area (Å²) >= 11 is 0. The molecule has 5 nitrogen and oxygen atoms in total. The Kier molecular flexibility index (Phi) is 4.20. The highest BCUT2D eigenvalue weighted by atomic mass is 16.6. The molecule has 1 aromatic heterocycles. The predicted molar refractivity (Wildman–Crippen MR) is 76.4 cm³/mol. The van der Waals surface area contributed by atoms with Crippen LogP contribution >= 0.6 is 0 Å². The van der Waals surface area contributed by atoms with E-state index in [9.17, 15) is 15.2 Å². The number of aromatic nitrogens is 1. The van der Waals surface area contributed by atoms with E-state index in [1.54, 1.807) is 12.1 Å². The second kappa shape index (κ2) is 5.88. The van der Waals surface area contributed by atoms with Crippen molar-refractivity contribution in [1.82, 2.24) is 4.57 Å². The van der Waals surface area contributed by atoms with Crippen LogP contribution in [-0.4, -0.2) is 14.6 Å². The molecule has 0 spiro atoms. The minimum absolute atomic E-state index is 0.0945. The normalized spacial score (nSPS) is 12.6. The molecule has 0 fully saturated rings. The fraction of sp³-hybridized carbons (Fsp3) is 0.333. The van der Waals surface area contributed by atoms with E-state index in [1.807, 2.05) is 42.9 Å². The van der Waals surface area contributed by atoms with Gasteiger partial charge in [-0.3, -0.25) is 10.1 Å². The Morgan fingerprint density at radius 1 is 1.35 bits per heavy atom. The van der Waals surface area contributed by atoms with Gasteiger partial charge in [-0.05, 0) is 23.1 Å². The molecule has 1 unspecified atom stereocenters. The van der Waals surface area contributed by atoms with E-state index in [0.29, 0.717) is 6.54 Å². The lowest BCUT2D eigenvalue weighted by Crippen LogP contribution is -2.04. The second-order valence-corrected chi connectivity index (χ2v) is 5.23. The molecule has 0 aliphatic carbocycles. The highest BCUT2D eigenvalue weighted by Crippen LogP contribution is 2.22. The van der Waals surface area contributed by atoms with Gasteiger partial charge in [-0.25, -0.2) is 0 Å². The van der Waals surface area contributed by atoms with Crippen LogP contribution < -0.4 is 0 Å². The first-order valence-electron chi connectivity index (χ1n) is 6.54. The number of nitrogens with zero attached hydrogens (tertiary/aromatic N) is 2. The summed E-state index contributed by atoms with van der Waals surface area (Å²) in [5, 5.41) is 20.7. The fourth-order valence-electron chi connectivity index (χ4n) is 2.10. The largest absolute Gasteiger partial charge is 0.388 e. The van der Waals surface area contributed by atoms with Crippen molar-refractivity contribution < 1.29 is 10.0 Å². The Morgan fingerprint density at radius 3 is 2.75 bits per heavy atom. The molecule has 2 rings (SSSR count). The number of nitro benzene ring substituents is 1. The molecule has 1 heterocycles. The maximum Gasteiger partial charge on any atom is 0.269 e. The van der Waals surface area contributed by atoms with Gasteiger partial charge in [0.05, 0.1) is 11.0 Å². The maximum atomic E-state index is 10.7. The van der Waals surface area contributed by atoms with Crippen LogP contribution in [-0.2, 0) is 6.54 Å². The van der Waals surface area contributed by atoms with Crippen LogP contribution in [0.2, 0.25) is 0 Å². The third kappa shape index (κ3) is 3.24. The molecule has 5 heteroatoms. The number of aliphatic hydroxyl groups is 1. The number of hydrogen-bond acceptors (Lipinski definition) is 3. The highest BCUT2D eigenvalue weighted by Gasteiger charge is 2.13. The zero-order valence-corrected chi connectivity index (χ0v) is 11.6. The first kappa shape index (κ1) is 14.3. The van der Waals surface area contributed by atoms with Crippen molar-refractivity contribution >= 4 is 5.69 Å². The first-order chi connectivity index (χ1) is 9.47. The summed E-state index contributed by atoms with van der Waals surface area (Å²) in [6.07, 6.45) is 3.27. The summed E-state index contributed by atoms with van der Waals surface area (Å²) in [5.74, 6) is 0.156. The molecule has 2 aromatic rings. The molecular weight excluding hydrogens is 256 g/mol. The van der Waals surface area contributed by atoms with Crippen LogP contribution in [0.15, 0.2) is 42.7 Å². The molecule has 0 aliphatic rings. The molecule has 0 radical (unpaired) electrons. The van der Waals surface area contributed by atoms with Gasteiger partial charge in [-0.2, -0.15) is 0 Å². The van der Waals surface area contributed by atoms with E-state index in [4.69, 9.17) is 0 Å². The van der Waals surface area contributed by atoms with Gasteiger partial charge in [0.15, 0.2) is 0 Å². The van der Waals surface area contributed by atoms with Gasteiger partial charge in [0, 0.05) is 31.1 Å². The average Bonchev–Trinajstić information content (AvgIpc) is 2.86. The summed E-state index contributed by atoms with van der Waals surface area (Å²) < 4.78 is 1.92. The van der Waals surface area contributed by atoms with E-state index >= 15 is 0 Å².